The summed E-state index contributed by atoms with van der Waals surface area (Å²) in [6.45, 7) is 0. The third-order valence-corrected chi connectivity index (χ3v) is 4.92. The summed E-state index contributed by atoms with van der Waals surface area (Å²) in [7, 11) is 0. The summed E-state index contributed by atoms with van der Waals surface area (Å²) in [5.74, 6) is 3.55. The van der Waals surface area contributed by atoms with Gasteiger partial charge in [0.05, 0.1) is 5.25 Å². The lowest BCUT2D eigenvalue weighted by Gasteiger charge is -2.19. The number of hydrogen-bond donors (Lipinski definition) is 0. The van der Waals surface area contributed by atoms with Crippen LogP contribution in [-0.4, -0.2) is 28.3 Å². The highest BCUT2D eigenvalue weighted by molar-refractivity contribution is 8.07. The van der Waals surface area contributed by atoms with E-state index in [9.17, 15) is 4.79 Å². The molecule has 0 radical (unpaired) electrons. The van der Waals surface area contributed by atoms with Crippen LogP contribution in [0.5, 0.6) is 0 Å². The van der Waals surface area contributed by atoms with Gasteiger partial charge in [0.15, 0.2) is 5.78 Å². The normalized spacial score (nSPS) is 21.9. The van der Waals surface area contributed by atoms with Crippen LogP contribution in [0.3, 0.4) is 0 Å². The second-order valence-electron chi connectivity index (χ2n) is 3.16. The van der Waals surface area contributed by atoms with Gasteiger partial charge in [0.1, 0.15) is 0 Å². The summed E-state index contributed by atoms with van der Waals surface area (Å²) in [5, 5.41) is 0.177. The standard InChI is InChI=1S/C11H12OS2/c12-11(9-4-2-1-3-5-9)10-8-13-6-7-14-10/h1-5,10H,6-8H2. The van der Waals surface area contributed by atoms with Crippen LogP contribution in [0, 0.1) is 0 Å². The predicted octanol–water partition coefficient (Wildman–Crippen LogP) is 2.72. The van der Waals surface area contributed by atoms with E-state index >= 15 is 0 Å². The molecule has 1 aromatic rings. The van der Waals surface area contributed by atoms with E-state index in [0.29, 0.717) is 5.78 Å². The van der Waals surface area contributed by atoms with Gasteiger partial charge in [-0.1, -0.05) is 30.3 Å². The van der Waals surface area contributed by atoms with Crippen LogP contribution in [0.2, 0.25) is 0 Å². The molecule has 0 aliphatic carbocycles. The number of hydrogen-bond acceptors (Lipinski definition) is 3. The number of Topliss-reactive ketones (excluding diaryl/α,β-unsaturated/α-hetero) is 1. The fourth-order valence-corrected chi connectivity index (χ4v) is 4.06. The molecule has 0 aromatic heterocycles. The molecule has 1 saturated heterocycles. The van der Waals surface area contributed by atoms with E-state index in [1.165, 1.54) is 5.75 Å². The van der Waals surface area contributed by atoms with Gasteiger partial charge in [-0.3, -0.25) is 4.79 Å². The van der Waals surface area contributed by atoms with Crippen molar-refractivity contribution in [2.75, 3.05) is 17.3 Å². The molecule has 1 unspecified atom stereocenters. The molecular formula is C11H12OS2. The molecule has 1 fully saturated rings. The Balaban J connectivity index is 2.07. The molecule has 14 heavy (non-hydrogen) atoms. The van der Waals surface area contributed by atoms with Crippen molar-refractivity contribution in [1.29, 1.82) is 0 Å². The fourth-order valence-electron chi connectivity index (χ4n) is 1.43. The molecule has 1 aliphatic rings. The number of benzene rings is 1. The number of ketones is 1. The highest BCUT2D eigenvalue weighted by atomic mass is 32.2. The van der Waals surface area contributed by atoms with Crippen molar-refractivity contribution in [3.63, 3.8) is 0 Å². The van der Waals surface area contributed by atoms with Crippen molar-refractivity contribution in [1.82, 2.24) is 0 Å². The highest BCUT2D eigenvalue weighted by Gasteiger charge is 2.22. The average molecular weight is 224 g/mol. The minimum absolute atomic E-state index is 0.177. The Morgan fingerprint density at radius 1 is 1.21 bits per heavy atom. The lowest BCUT2D eigenvalue weighted by Crippen LogP contribution is -2.24. The molecule has 1 nitrogen and oxygen atoms in total. The van der Waals surface area contributed by atoms with E-state index in [-0.39, 0.29) is 5.25 Å². The predicted molar refractivity (Wildman–Crippen MR) is 64.3 cm³/mol. The lowest BCUT2D eigenvalue weighted by atomic mass is 10.1. The Bertz CT molecular complexity index is 304. The molecule has 0 bridgehead atoms. The van der Waals surface area contributed by atoms with Gasteiger partial charge in [0.25, 0.3) is 0 Å². The Kier molecular flexibility index (Phi) is 3.54. The van der Waals surface area contributed by atoms with Crippen molar-refractivity contribution < 1.29 is 4.79 Å². The molecule has 3 heteroatoms. The van der Waals surface area contributed by atoms with Gasteiger partial charge in [-0.25, -0.2) is 0 Å². The second kappa shape index (κ2) is 4.89. The molecular weight excluding hydrogens is 212 g/mol. The van der Waals surface area contributed by atoms with E-state index in [2.05, 4.69) is 0 Å². The topological polar surface area (TPSA) is 17.1 Å². The Labute approximate surface area is 92.7 Å². The van der Waals surface area contributed by atoms with E-state index in [1.54, 1.807) is 11.8 Å². The third kappa shape index (κ3) is 2.34. The molecule has 1 atom stereocenters. The summed E-state index contributed by atoms with van der Waals surface area (Å²) in [6.07, 6.45) is 0. The number of rotatable bonds is 2. The quantitative estimate of drug-likeness (QED) is 0.719. The van der Waals surface area contributed by atoms with Crippen molar-refractivity contribution in [2.45, 2.75) is 5.25 Å². The Morgan fingerprint density at radius 2 is 2.00 bits per heavy atom. The molecule has 2 rings (SSSR count). The fraction of sp³-hybridized carbons (Fsp3) is 0.364. The minimum Gasteiger partial charge on any atom is -0.293 e. The van der Waals surface area contributed by atoms with E-state index < -0.39 is 0 Å². The third-order valence-electron chi connectivity index (χ3n) is 2.17. The van der Waals surface area contributed by atoms with Crippen molar-refractivity contribution in [2.24, 2.45) is 0 Å². The first-order valence-electron chi connectivity index (χ1n) is 4.66. The molecule has 0 N–H and O–H groups in total. The Hall–Kier alpha value is -0.410. The van der Waals surface area contributed by atoms with Gasteiger partial charge in [0, 0.05) is 22.8 Å². The summed E-state index contributed by atoms with van der Waals surface area (Å²) in [4.78, 5) is 12.0. The van der Waals surface area contributed by atoms with Gasteiger partial charge in [-0.15, -0.1) is 11.8 Å². The number of thioether (sulfide) groups is 2. The lowest BCUT2D eigenvalue weighted by molar-refractivity contribution is 0.0995. The van der Waals surface area contributed by atoms with Crippen molar-refractivity contribution >= 4 is 29.3 Å². The van der Waals surface area contributed by atoms with Crippen LogP contribution in [0.4, 0.5) is 0 Å². The first-order valence-corrected chi connectivity index (χ1v) is 6.87. The molecule has 1 aliphatic heterocycles. The van der Waals surface area contributed by atoms with Gasteiger partial charge < -0.3 is 0 Å². The van der Waals surface area contributed by atoms with Crippen molar-refractivity contribution in [3.05, 3.63) is 35.9 Å². The van der Waals surface area contributed by atoms with Crippen LogP contribution < -0.4 is 0 Å². The molecule has 1 aromatic carbocycles. The monoisotopic (exact) mass is 224 g/mol. The average Bonchev–Trinajstić information content (AvgIpc) is 2.30. The second-order valence-corrected chi connectivity index (χ2v) is 5.63. The maximum atomic E-state index is 12.0. The summed E-state index contributed by atoms with van der Waals surface area (Å²) < 4.78 is 0. The highest BCUT2D eigenvalue weighted by Crippen LogP contribution is 2.26. The number of carbonyl (C=O) groups is 1. The van der Waals surface area contributed by atoms with Crippen LogP contribution in [0.15, 0.2) is 30.3 Å². The van der Waals surface area contributed by atoms with Crippen LogP contribution in [0.25, 0.3) is 0 Å². The summed E-state index contributed by atoms with van der Waals surface area (Å²) in [5.41, 5.74) is 0.854. The zero-order valence-electron chi connectivity index (χ0n) is 7.81. The molecule has 1 heterocycles. The van der Waals surface area contributed by atoms with Gasteiger partial charge in [-0.05, 0) is 0 Å². The van der Waals surface area contributed by atoms with Crippen LogP contribution in [-0.2, 0) is 0 Å². The molecule has 0 spiro atoms. The maximum Gasteiger partial charge on any atom is 0.176 e. The molecule has 0 amide bonds. The molecule has 74 valence electrons. The smallest absolute Gasteiger partial charge is 0.176 e. The van der Waals surface area contributed by atoms with E-state index in [1.807, 2.05) is 42.1 Å². The maximum absolute atomic E-state index is 12.0. The van der Waals surface area contributed by atoms with Gasteiger partial charge in [-0.2, -0.15) is 11.8 Å². The molecule has 0 saturated carbocycles. The van der Waals surface area contributed by atoms with Crippen LogP contribution >= 0.6 is 23.5 Å². The van der Waals surface area contributed by atoms with Crippen LogP contribution in [0.1, 0.15) is 10.4 Å². The number of carbonyl (C=O) groups excluding carboxylic acids is 1. The van der Waals surface area contributed by atoms with Crippen molar-refractivity contribution in [3.8, 4) is 0 Å². The van der Waals surface area contributed by atoms with E-state index in [4.69, 9.17) is 0 Å². The zero-order chi connectivity index (χ0) is 9.80. The Morgan fingerprint density at radius 3 is 2.64 bits per heavy atom. The zero-order valence-corrected chi connectivity index (χ0v) is 9.44. The summed E-state index contributed by atoms with van der Waals surface area (Å²) in [6, 6.07) is 9.60. The minimum atomic E-state index is 0.177. The largest absolute Gasteiger partial charge is 0.293 e. The van der Waals surface area contributed by atoms with Gasteiger partial charge >= 0.3 is 0 Å². The first-order chi connectivity index (χ1) is 6.88. The first kappa shape index (κ1) is 10.1. The van der Waals surface area contributed by atoms with Gasteiger partial charge in [0.2, 0.25) is 0 Å². The van der Waals surface area contributed by atoms with E-state index in [0.717, 1.165) is 17.1 Å². The summed E-state index contributed by atoms with van der Waals surface area (Å²) >= 11 is 3.68. The SMILES string of the molecule is O=C(c1ccccc1)C1CSCCS1.